The molecule has 2 rings (SSSR count). The summed E-state index contributed by atoms with van der Waals surface area (Å²) < 4.78 is 18.5. The minimum absolute atomic E-state index is 0.262. The molecular weight excluding hydrogens is 241 g/mol. The molecule has 0 aliphatic heterocycles. The molecule has 0 fully saturated rings. The molecule has 19 heavy (non-hydrogen) atoms. The van der Waals surface area contributed by atoms with Crippen molar-refractivity contribution in [3.05, 3.63) is 59.9 Å². The summed E-state index contributed by atoms with van der Waals surface area (Å²) in [5.41, 5.74) is 1.16. The van der Waals surface area contributed by atoms with Gasteiger partial charge in [0.15, 0.2) is 0 Å². The summed E-state index contributed by atoms with van der Waals surface area (Å²) in [4.78, 5) is 0. The molecule has 100 valence electrons. The fourth-order valence-corrected chi connectivity index (χ4v) is 1.68. The Morgan fingerprint density at radius 2 is 1.79 bits per heavy atom. The Balaban J connectivity index is 2.04. The highest BCUT2D eigenvalue weighted by atomic mass is 19.1. The van der Waals surface area contributed by atoms with Gasteiger partial charge in [-0.05, 0) is 42.0 Å². The van der Waals surface area contributed by atoms with Gasteiger partial charge in [-0.15, -0.1) is 0 Å². The first-order valence-corrected chi connectivity index (χ1v) is 6.39. The summed E-state index contributed by atoms with van der Waals surface area (Å²) in [5, 5.41) is 3.36. The zero-order chi connectivity index (χ0) is 13.7. The zero-order valence-electron chi connectivity index (χ0n) is 11.2. The average Bonchev–Trinajstić information content (AvgIpc) is 2.40. The first-order valence-electron chi connectivity index (χ1n) is 6.39. The van der Waals surface area contributed by atoms with E-state index in [2.05, 4.69) is 19.2 Å². The Hall–Kier alpha value is -1.87. The van der Waals surface area contributed by atoms with Gasteiger partial charge in [0.05, 0.1) is 0 Å². The summed E-state index contributed by atoms with van der Waals surface area (Å²) in [7, 11) is 0. The fraction of sp³-hybridized carbons (Fsp3) is 0.250. The second-order valence-corrected chi connectivity index (χ2v) is 4.74. The van der Waals surface area contributed by atoms with Crippen molar-refractivity contribution in [3.63, 3.8) is 0 Å². The molecule has 0 heterocycles. The lowest BCUT2D eigenvalue weighted by molar-refractivity contribution is 0.479. The molecule has 0 aliphatic rings. The Morgan fingerprint density at radius 3 is 2.47 bits per heavy atom. The minimum Gasteiger partial charge on any atom is -0.457 e. The molecule has 0 aromatic heterocycles. The van der Waals surface area contributed by atoms with Crippen molar-refractivity contribution in [3.8, 4) is 11.5 Å². The lowest BCUT2D eigenvalue weighted by Gasteiger charge is -2.10. The summed E-state index contributed by atoms with van der Waals surface area (Å²) in [5.74, 6) is 1.13. The van der Waals surface area contributed by atoms with Crippen LogP contribution in [-0.2, 0) is 6.54 Å². The van der Waals surface area contributed by atoms with Gasteiger partial charge < -0.3 is 10.1 Å². The minimum atomic E-state index is -0.262. The van der Waals surface area contributed by atoms with Crippen LogP contribution in [0.1, 0.15) is 19.4 Å². The van der Waals surface area contributed by atoms with Gasteiger partial charge in [-0.25, -0.2) is 4.39 Å². The van der Waals surface area contributed by atoms with Gasteiger partial charge in [0, 0.05) is 12.6 Å². The summed E-state index contributed by atoms with van der Waals surface area (Å²) in [6.45, 7) is 5.02. The van der Waals surface area contributed by atoms with E-state index in [9.17, 15) is 4.39 Å². The highest BCUT2D eigenvalue weighted by molar-refractivity contribution is 5.34. The van der Waals surface area contributed by atoms with Crippen molar-refractivity contribution in [2.75, 3.05) is 0 Å². The van der Waals surface area contributed by atoms with Crippen LogP contribution in [-0.4, -0.2) is 6.04 Å². The van der Waals surface area contributed by atoms with Crippen molar-refractivity contribution in [2.24, 2.45) is 0 Å². The van der Waals surface area contributed by atoms with E-state index in [4.69, 9.17) is 4.74 Å². The third kappa shape index (κ3) is 4.38. The number of ether oxygens (including phenoxy) is 1. The number of hydrogen-bond donors (Lipinski definition) is 1. The first-order chi connectivity index (χ1) is 9.13. The normalized spacial score (nSPS) is 10.7. The molecule has 0 bridgehead atoms. The molecule has 0 atom stereocenters. The van der Waals surface area contributed by atoms with Crippen molar-refractivity contribution < 1.29 is 9.13 Å². The van der Waals surface area contributed by atoms with Gasteiger partial charge in [-0.1, -0.05) is 26.0 Å². The molecule has 2 aromatic rings. The fourth-order valence-electron chi connectivity index (χ4n) is 1.68. The lowest BCUT2D eigenvalue weighted by Crippen LogP contribution is -2.21. The largest absolute Gasteiger partial charge is 0.457 e. The van der Waals surface area contributed by atoms with Gasteiger partial charge in [-0.3, -0.25) is 0 Å². The molecule has 0 unspecified atom stereocenters. The Kier molecular flexibility index (Phi) is 4.53. The van der Waals surface area contributed by atoms with Crippen LogP contribution in [0.4, 0.5) is 4.39 Å². The summed E-state index contributed by atoms with van der Waals surface area (Å²) in [6, 6.07) is 14.3. The highest BCUT2D eigenvalue weighted by Gasteiger charge is 2.00. The smallest absolute Gasteiger partial charge is 0.127 e. The molecule has 0 radical (unpaired) electrons. The van der Waals surface area contributed by atoms with Gasteiger partial charge in [0.25, 0.3) is 0 Å². The van der Waals surface area contributed by atoms with Crippen LogP contribution in [0.5, 0.6) is 11.5 Å². The van der Waals surface area contributed by atoms with Crippen molar-refractivity contribution in [2.45, 2.75) is 26.4 Å². The molecule has 3 heteroatoms. The van der Waals surface area contributed by atoms with Crippen molar-refractivity contribution >= 4 is 0 Å². The standard InChI is InChI=1S/C16H18FNO/c1-12(2)18-11-13-4-3-5-16(10-13)19-15-8-6-14(17)7-9-15/h3-10,12,18H,11H2,1-2H3. The molecule has 2 aromatic carbocycles. The predicted molar refractivity (Wildman–Crippen MR) is 74.9 cm³/mol. The van der Waals surface area contributed by atoms with Crippen LogP contribution in [0.2, 0.25) is 0 Å². The Labute approximate surface area is 113 Å². The monoisotopic (exact) mass is 259 g/mol. The average molecular weight is 259 g/mol. The molecule has 0 spiro atoms. The molecule has 0 saturated carbocycles. The summed E-state index contributed by atoms with van der Waals surface area (Å²) >= 11 is 0. The number of rotatable bonds is 5. The van der Waals surface area contributed by atoms with E-state index in [0.717, 1.165) is 17.9 Å². The Bertz CT molecular complexity index is 523. The molecule has 0 saturated heterocycles. The number of halogens is 1. The van der Waals surface area contributed by atoms with E-state index in [1.165, 1.54) is 12.1 Å². The van der Waals surface area contributed by atoms with Gasteiger partial charge in [0.1, 0.15) is 17.3 Å². The van der Waals surface area contributed by atoms with Gasteiger partial charge >= 0.3 is 0 Å². The van der Waals surface area contributed by atoms with Crippen LogP contribution >= 0.6 is 0 Å². The maximum absolute atomic E-state index is 12.8. The van der Waals surface area contributed by atoms with Crippen LogP contribution in [0.3, 0.4) is 0 Å². The van der Waals surface area contributed by atoms with E-state index in [1.807, 2.05) is 24.3 Å². The number of benzene rings is 2. The highest BCUT2D eigenvalue weighted by Crippen LogP contribution is 2.22. The third-order valence-electron chi connectivity index (χ3n) is 2.66. The predicted octanol–water partition coefficient (Wildman–Crippen LogP) is 4.12. The molecule has 0 aliphatic carbocycles. The Morgan fingerprint density at radius 1 is 1.05 bits per heavy atom. The molecular formula is C16H18FNO. The van der Waals surface area contributed by atoms with E-state index in [-0.39, 0.29) is 5.82 Å². The summed E-state index contributed by atoms with van der Waals surface area (Å²) in [6.07, 6.45) is 0. The number of nitrogens with one attached hydrogen (secondary N) is 1. The second-order valence-electron chi connectivity index (χ2n) is 4.74. The van der Waals surface area contributed by atoms with Crippen LogP contribution in [0.25, 0.3) is 0 Å². The van der Waals surface area contributed by atoms with Gasteiger partial charge in [-0.2, -0.15) is 0 Å². The van der Waals surface area contributed by atoms with Crippen LogP contribution in [0.15, 0.2) is 48.5 Å². The van der Waals surface area contributed by atoms with Crippen LogP contribution < -0.4 is 10.1 Å². The maximum Gasteiger partial charge on any atom is 0.127 e. The van der Waals surface area contributed by atoms with E-state index in [0.29, 0.717) is 11.8 Å². The quantitative estimate of drug-likeness (QED) is 0.872. The van der Waals surface area contributed by atoms with Gasteiger partial charge in [0.2, 0.25) is 0 Å². The third-order valence-corrected chi connectivity index (χ3v) is 2.66. The maximum atomic E-state index is 12.8. The second kappa shape index (κ2) is 6.34. The van der Waals surface area contributed by atoms with E-state index in [1.54, 1.807) is 12.1 Å². The van der Waals surface area contributed by atoms with E-state index < -0.39 is 0 Å². The molecule has 1 N–H and O–H groups in total. The SMILES string of the molecule is CC(C)NCc1cccc(Oc2ccc(F)cc2)c1. The topological polar surface area (TPSA) is 21.3 Å². The van der Waals surface area contributed by atoms with E-state index >= 15 is 0 Å². The first kappa shape index (κ1) is 13.6. The van der Waals surface area contributed by atoms with Crippen molar-refractivity contribution in [1.82, 2.24) is 5.32 Å². The van der Waals surface area contributed by atoms with Crippen molar-refractivity contribution in [1.29, 1.82) is 0 Å². The zero-order valence-corrected chi connectivity index (χ0v) is 11.2. The molecule has 0 amide bonds. The van der Waals surface area contributed by atoms with Crippen LogP contribution in [0, 0.1) is 5.82 Å². The lowest BCUT2D eigenvalue weighted by atomic mass is 10.2. The number of hydrogen-bond acceptors (Lipinski definition) is 2. The molecule has 2 nitrogen and oxygen atoms in total.